The highest BCUT2D eigenvalue weighted by Gasteiger charge is 2.51. The Labute approximate surface area is 192 Å². The second kappa shape index (κ2) is 8.06. The summed E-state index contributed by atoms with van der Waals surface area (Å²) in [5.74, 6) is -0.168. The molecule has 2 aliphatic carbocycles. The van der Waals surface area contributed by atoms with Crippen LogP contribution in [0.5, 0.6) is 0 Å². The van der Waals surface area contributed by atoms with Crippen LogP contribution in [-0.4, -0.2) is 35.0 Å². The first-order valence-electron chi connectivity index (χ1n) is 11.3. The molecule has 0 radical (unpaired) electrons. The number of aromatic nitrogens is 1. The topological polar surface area (TPSA) is 92.9 Å². The molecule has 7 nitrogen and oxygen atoms in total. The highest BCUT2D eigenvalue weighted by atomic mass is 16.6. The van der Waals surface area contributed by atoms with Crippen LogP contribution in [0, 0.1) is 6.92 Å². The fourth-order valence-corrected chi connectivity index (χ4v) is 4.34. The number of carbonyl (C=O) groups excluding carboxylic acids is 1. The first-order chi connectivity index (χ1) is 15.9. The molecule has 2 fully saturated rings. The van der Waals surface area contributed by atoms with Gasteiger partial charge in [0.2, 0.25) is 0 Å². The number of benzene rings is 2. The molecule has 0 spiro atoms. The largest absolute Gasteiger partial charge is 0.481 e. The zero-order valence-electron chi connectivity index (χ0n) is 18.7. The average Bonchev–Trinajstić information content (AvgIpc) is 3.74. The van der Waals surface area contributed by atoms with Crippen molar-refractivity contribution in [3.63, 3.8) is 0 Å². The SMILES string of the molecule is CCOC(=O)N(c1c(-c2ccc(-c3ccc(C4(C(=O)O)CC4)cc3)cc2)noc1C)C1CC1. The molecule has 5 rings (SSSR count). The summed E-state index contributed by atoms with van der Waals surface area (Å²) in [6, 6.07) is 15.8. The Morgan fingerprint density at radius 1 is 1.06 bits per heavy atom. The number of amides is 1. The molecule has 2 aliphatic rings. The van der Waals surface area contributed by atoms with Gasteiger partial charge in [-0.1, -0.05) is 53.7 Å². The van der Waals surface area contributed by atoms with Gasteiger partial charge in [-0.25, -0.2) is 4.79 Å². The maximum absolute atomic E-state index is 12.6. The van der Waals surface area contributed by atoms with Crippen LogP contribution in [0.3, 0.4) is 0 Å². The number of ether oxygens (including phenoxy) is 1. The zero-order chi connectivity index (χ0) is 23.2. The van der Waals surface area contributed by atoms with E-state index in [4.69, 9.17) is 9.26 Å². The van der Waals surface area contributed by atoms with E-state index in [0.717, 1.165) is 35.1 Å². The summed E-state index contributed by atoms with van der Waals surface area (Å²) in [6.45, 7) is 3.91. The molecule has 170 valence electrons. The molecule has 0 atom stereocenters. The van der Waals surface area contributed by atoms with Crippen molar-refractivity contribution in [2.75, 3.05) is 11.5 Å². The van der Waals surface area contributed by atoms with Crippen LogP contribution in [0.4, 0.5) is 10.5 Å². The Morgan fingerprint density at radius 3 is 2.15 bits per heavy atom. The Morgan fingerprint density at radius 2 is 1.64 bits per heavy atom. The van der Waals surface area contributed by atoms with E-state index in [1.807, 2.05) is 48.5 Å². The minimum Gasteiger partial charge on any atom is -0.481 e. The third-order valence-corrected chi connectivity index (χ3v) is 6.54. The molecule has 7 heteroatoms. The number of hydrogen-bond acceptors (Lipinski definition) is 5. The summed E-state index contributed by atoms with van der Waals surface area (Å²) >= 11 is 0. The number of hydrogen-bond donors (Lipinski definition) is 1. The number of anilines is 1. The van der Waals surface area contributed by atoms with Crippen molar-refractivity contribution in [2.24, 2.45) is 0 Å². The summed E-state index contributed by atoms with van der Waals surface area (Å²) in [7, 11) is 0. The van der Waals surface area contributed by atoms with Gasteiger partial charge in [0.25, 0.3) is 0 Å². The van der Waals surface area contributed by atoms with Crippen molar-refractivity contribution in [2.45, 2.75) is 51.0 Å². The summed E-state index contributed by atoms with van der Waals surface area (Å²) < 4.78 is 10.8. The highest BCUT2D eigenvalue weighted by molar-refractivity contribution is 5.94. The van der Waals surface area contributed by atoms with Gasteiger partial charge in [-0.3, -0.25) is 9.69 Å². The maximum Gasteiger partial charge on any atom is 0.414 e. The lowest BCUT2D eigenvalue weighted by atomic mass is 9.93. The number of aliphatic carboxylic acids is 1. The fraction of sp³-hybridized carbons (Fsp3) is 0.346. The Balaban J connectivity index is 1.42. The standard InChI is InChI=1S/C26H26N2O5/c1-3-32-25(31)28(21-12-13-21)23-16(2)33-27-22(23)19-6-4-17(5-7-19)18-8-10-20(11-9-18)26(14-15-26)24(29)30/h4-11,21H,3,12-15H2,1-2H3,(H,29,30). The van der Waals surface area contributed by atoms with Gasteiger partial charge in [0.05, 0.1) is 12.0 Å². The molecular weight excluding hydrogens is 420 g/mol. The van der Waals surface area contributed by atoms with Crippen LogP contribution < -0.4 is 4.90 Å². The van der Waals surface area contributed by atoms with E-state index in [0.29, 0.717) is 36.6 Å². The summed E-state index contributed by atoms with van der Waals surface area (Å²) in [6.07, 6.45) is 2.88. The maximum atomic E-state index is 12.6. The minimum absolute atomic E-state index is 0.110. The van der Waals surface area contributed by atoms with Gasteiger partial charge in [0.15, 0.2) is 5.76 Å². The molecule has 1 amide bonds. The van der Waals surface area contributed by atoms with Crippen molar-refractivity contribution >= 4 is 17.7 Å². The van der Waals surface area contributed by atoms with Crippen LogP contribution in [0.2, 0.25) is 0 Å². The molecule has 1 heterocycles. The molecule has 1 N–H and O–H groups in total. The predicted octanol–water partition coefficient (Wildman–Crippen LogP) is 5.56. The van der Waals surface area contributed by atoms with E-state index in [9.17, 15) is 14.7 Å². The Bertz CT molecular complexity index is 1190. The summed E-state index contributed by atoms with van der Waals surface area (Å²) in [5.41, 5.74) is 4.31. The van der Waals surface area contributed by atoms with E-state index in [2.05, 4.69) is 5.16 Å². The summed E-state index contributed by atoms with van der Waals surface area (Å²) in [4.78, 5) is 25.9. The smallest absolute Gasteiger partial charge is 0.414 e. The number of carbonyl (C=O) groups is 2. The van der Waals surface area contributed by atoms with Crippen molar-refractivity contribution in [3.05, 3.63) is 59.9 Å². The Hall–Kier alpha value is -3.61. The third kappa shape index (κ3) is 3.77. The molecular formula is C26H26N2O5. The Kier molecular flexibility index (Phi) is 5.19. The number of carboxylic acid groups (broad SMARTS) is 1. The monoisotopic (exact) mass is 446 g/mol. The predicted molar refractivity (Wildman–Crippen MR) is 123 cm³/mol. The molecule has 2 saturated carbocycles. The number of nitrogens with zero attached hydrogens (tertiary/aromatic N) is 2. The van der Waals surface area contributed by atoms with Crippen LogP contribution in [-0.2, 0) is 14.9 Å². The lowest BCUT2D eigenvalue weighted by Crippen LogP contribution is -2.34. The molecule has 1 aromatic heterocycles. The second-order valence-corrected chi connectivity index (χ2v) is 8.78. The molecule has 0 unspecified atom stereocenters. The van der Waals surface area contributed by atoms with E-state index in [-0.39, 0.29) is 12.1 Å². The molecule has 33 heavy (non-hydrogen) atoms. The molecule has 3 aromatic rings. The van der Waals surface area contributed by atoms with Crippen LogP contribution in [0.25, 0.3) is 22.4 Å². The van der Waals surface area contributed by atoms with Crippen molar-refractivity contribution in [1.82, 2.24) is 5.16 Å². The number of carboxylic acids is 1. The fourth-order valence-electron chi connectivity index (χ4n) is 4.34. The van der Waals surface area contributed by atoms with Gasteiger partial charge >= 0.3 is 12.1 Å². The zero-order valence-corrected chi connectivity index (χ0v) is 18.7. The van der Waals surface area contributed by atoms with Gasteiger partial charge in [0, 0.05) is 11.6 Å². The quantitative estimate of drug-likeness (QED) is 0.511. The first-order valence-corrected chi connectivity index (χ1v) is 11.3. The van der Waals surface area contributed by atoms with Crippen LogP contribution >= 0.6 is 0 Å². The number of rotatable bonds is 7. The van der Waals surface area contributed by atoms with E-state index >= 15 is 0 Å². The van der Waals surface area contributed by atoms with Crippen molar-refractivity contribution < 1.29 is 24.0 Å². The lowest BCUT2D eigenvalue weighted by molar-refractivity contribution is -0.140. The van der Waals surface area contributed by atoms with Gasteiger partial charge in [0.1, 0.15) is 11.4 Å². The first kappa shape index (κ1) is 21.2. The molecule has 0 aliphatic heterocycles. The van der Waals surface area contributed by atoms with Gasteiger partial charge in [-0.05, 0) is 56.2 Å². The van der Waals surface area contributed by atoms with Crippen LogP contribution in [0.1, 0.15) is 43.9 Å². The summed E-state index contributed by atoms with van der Waals surface area (Å²) in [5, 5.41) is 13.7. The normalized spacial score (nSPS) is 16.3. The lowest BCUT2D eigenvalue weighted by Gasteiger charge is -2.21. The van der Waals surface area contributed by atoms with Crippen molar-refractivity contribution in [1.29, 1.82) is 0 Å². The van der Waals surface area contributed by atoms with E-state index in [1.165, 1.54) is 0 Å². The van der Waals surface area contributed by atoms with Crippen LogP contribution in [0.15, 0.2) is 53.1 Å². The molecule has 0 bridgehead atoms. The van der Waals surface area contributed by atoms with Gasteiger partial charge in [-0.2, -0.15) is 0 Å². The van der Waals surface area contributed by atoms with Gasteiger partial charge < -0.3 is 14.4 Å². The minimum atomic E-state index is -0.749. The molecule has 2 aromatic carbocycles. The van der Waals surface area contributed by atoms with E-state index < -0.39 is 11.4 Å². The van der Waals surface area contributed by atoms with Crippen molar-refractivity contribution in [3.8, 4) is 22.4 Å². The average molecular weight is 447 g/mol. The second-order valence-electron chi connectivity index (χ2n) is 8.78. The number of aryl methyl sites for hydroxylation is 1. The third-order valence-electron chi connectivity index (χ3n) is 6.54. The molecule has 0 saturated heterocycles. The van der Waals surface area contributed by atoms with Gasteiger partial charge in [-0.15, -0.1) is 0 Å². The highest BCUT2D eigenvalue weighted by Crippen LogP contribution is 2.48. The van der Waals surface area contributed by atoms with E-state index in [1.54, 1.807) is 18.7 Å².